The van der Waals surface area contributed by atoms with Crippen LogP contribution in [0.1, 0.15) is 27.6 Å². The Labute approximate surface area is 137 Å². The zero-order chi connectivity index (χ0) is 15.8. The van der Waals surface area contributed by atoms with Crippen LogP contribution in [0.4, 0.5) is 0 Å². The van der Waals surface area contributed by atoms with Crippen molar-refractivity contribution < 1.29 is 9.00 Å². The molecule has 1 aromatic heterocycles. The second-order valence-corrected chi connectivity index (χ2v) is 7.60. The molecule has 1 aliphatic heterocycles. The largest absolute Gasteiger partial charge is 0.287 e. The Morgan fingerprint density at radius 1 is 1.09 bits per heavy atom. The van der Waals surface area contributed by atoms with Crippen LogP contribution in [0.15, 0.2) is 60.8 Å². The number of hydrogen-bond donors (Lipinski definition) is 0. The van der Waals surface area contributed by atoms with Crippen molar-refractivity contribution in [3.63, 3.8) is 0 Å². The number of nitrogens with zero attached hydrogens (tertiary/aromatic N) is 1. The zero-order valence-corrected chi connectivity index (χ0v) is 13.5. The van der Waals surface area contributed by atoms with E-state index >= 15 is 0 Å². The molecule has 0 N–H and O–H groups in total. The fraction of sp³-hybridized carbons (Fsp3) is 0.211. The number of fused-ring (bicyclic) bond motifs is 2. The molecule has 0 radical (unpaired) electrons. The van der Waals surface area contributed by atoms with E-state index in [-0.39, 0.29) is 17.6 Å². The van der Waals surface area contributed by atoms with Crippen molar-refractivity contribution >= 4 is 27.6 Å². The van der Waals surface area contributed by atoms with Crippen LogP contribution in [-0.4, -0.2) is 20.4 Å². The zero-order valence-electron chi connectivity index (χ0n) is 12.6. The average Bonchev–Trinajstić information content (AvgIpc) is 3.01. The molecule has 0 amide bonds. The highest BCUT2D eigenvalue weighted by Crippen LogP contribution is 2.32. The van der Waals surface area contributed by atoms with Gasteiger partial charge < -0.3 is 0 Å². The SMILES string of the molecule is O=C(C[C@H]1c2ccccc2CCS1=O)n1ccc2ccccc21. The summed E-state index contributed by atoms with van der Waals surface area (Å²) in [6.07, 6.45) is 2.92. The summed E-state index contributed by atoms with van der Waals surface area (Å²) in [5, 5.41) is 0.847. The van der Waals surface area contributed by atoms with Gasteiger partial charge in [0.15, 0.2) is 0 Å². The lowest BCUT2D eigenvalue weighted by atomic mass is 10.00. The van der Waals surface area contributed by atoms with Crippen molar-refractivity contribution in [1.29, 1.82) is 0 Å². The van der Waals surface area contributed by atoms with Crippen LogP contribution in [0.5, 0.6) is 0 Å². The van der Waals surface area contributed by atoms with E-state index < -0.39 is 10.8 Å². The lowest BCUT2D eigenvalue weighted by Gasteiger charge is -2.24. The standard InChI is InChI=1S/C19H17NO2S/c21-19(20-11-9-15-6-2-4-8-17(15)20)13-18-16-7-3-1-5-14(16)10-12-23(18)22/h1-9,11,18H,10,12-13H2/t18-,23?/m0/s1. The maximum atomic E-state index is 12.8. The molecule has 0 aliphatic carbocycles. The molecule has 4 heteroatoms. The van der Waals surface area contributed by atoms with Gasteiger partial charge in [0.2, 0.25) is 5.91 Å². The molecule has 0 saturated heterocycles. The molecule has 3 nitrogen and oxygen atoms in total. The van der Waals surface area contributed by atoms with Crippen LogP contribution in [0, 0.1) is 0 Å². The Morgan fingerprint density at radius 3 is 2.78 bits per heavy atom. The van der Waals surface area contributed by atoms with Gasteiger partial charge in [0.05, 0.1) is 10.8 Å². The van der Waals surface area contributed by atoms with Crippen molar-refractivity contribution in [2.45, 2.75) is 18.1 Å². The second kappa shape index (κ2) is 5.78. The van der Waals surface area contributed by atoms with Crippen LogP contribution in [-0.2, 0) is 17.2 Å². The minimum atomic E-state index is -0.989. The molecule has 0 spiro atoms. The summed E-state index contributed by atoms with van der Waals surface area (Å²) in [5.74, 6) is 0.641. The third kappa shape index (κ3) is 2.53. The molecule has 2 aromatic carbocycles. The van der Waals surface area contributed by atoms with E-state index in [9.17, 15) is 9.00 Å². The first-order valence-corrected chi connectivity index (χ1v) is 9.16. The summed E-state index contributed by atoms with van der Waals surface area (Å²) in [4.78, 5) is 12.8. The van der Waals surface area contributed by atoms with Gasteiger partial charge in [-0.25, -0.2) is 0 Å². The minimum Gasteiger partial charge on any atom is -0.287 e. The molecular weight excluding hydrogens is 306 g/mol. The highest BCUT2D eigenvalue weighted by Gasteiger charge is 2.28. The van der Waals surface area contributed by atoms with Gasteiger partial charge in [-0.3, -0.25) is 13.6 Å². The molecule has 3 aromatic rings. The molecule has 0 bridgehead atoms. The Morgan fingerprint density at radius 2 is 1.87 bits per heavy atom. The second-order valence-electron chi connectivity index (χ2n) is 5.86. The van der Waals surface area contributed by atoms with Gasteiger partial charge in [0.25, 0.3) is 0 Å². The quantitative estimate of drug-likeness (QED) is 0.721. The monoisotopic (exact) mass is 323 g/mol. The third-order valence-corrected chi connectivity index (χ3v) is 6.18. The van der Waals surface area contributed by atoms with E-state index in [2.05, 4.69) is 6.07 Å². The predicted molar refractivity (Wildman–Crippen MR) is 93.1 cm³/mol. The van der Waals surface area contributed by atoms with Crippen LogP contribution in [0.3, 0.4) is 0 Å². The highest BCUT2D eigenvalue weighted by molar-refractivity contribution is 7.85. The summed E-state index contributed by atoms with van der Waals surface area (Å²) in [6.45, 7) is 0. The smallest absolute Gasteiger partial charge is 0.232 e. The van der Waals surface area contributed by atoms with Gasteiger partial charge in [-0.05, 0) is 29.7 Å². The Kier molecular flexibility index (Phi) is 3.62. The molecule has 2 heterocycles. The maximum absolute atomic E-state index is 12.8. The van der Waals surface area contributed by atoms with Crippen LogP contribution in [0.2, 0.25) is 0 Å². The first kappa shape index (κ1) is 14.4. The number of carbonyl (C=O) groups excluding carboxylic acids is 1. The highest BCUT2D eigenvalue weighted by atomic mass is 32.2. The van der Waals surface area contributed by atoms with Crippen molar-refractivity contribution in [3.8, 4) is 0 Å². The Balaban J connectivity index is 1.68. The summed E-state index contributed by atoms with van der Waals surface area (Å²) >= 11 is 0. The van der Waals surface area contributed by atoms with E-state index in [0.29, 0.717) is 5.75 Å². The van der Waals surface area contributed by atoms with E-state index in [1.165, 1.54) is 5.56 Å². The number of carbonyl (C=O) groups is 1. The summed E-state index contributed by atoms with van der Waals surface area (Å²) < 4.78 is 14.2. The molecule has 0 saturated carbocycles. The lowest BCUT2D eigenvalue weighted by molar-refractivity contribution is 0.0906. The average molecular weight is 323 g/mol. The molecule has 23 heavy (non-hydrogen) atoms. The van der Waals surface area contributed by atoms with E-state index in [4.69, 9.17) is 0 Å². The summed E-state index contributed by atoms with van der Waals surface area (Å²) in [6, 6.07) is 17.8. The summed E-state index contributed by atoms with van der Waals surface area (Å²) in [5.41, 5.74) is 3.21. The van der Waals surface area contributed by atoms with E-state index in [0.717, 1.165) is 22.9 Å². The number of aryl methyl sites for hydroxylation is 1. The molecule has 4 rings (SSSR count). The molecule has 1 unspecified atom stereocenters. The van der Waals surface area contributed by atoms with Gasteiger partial charge in [0.1, 0.15) is 0 Å². The van der Waals surface area contributed by atoms with Gasteiger partial charge in [-0.2, -0.15) is 0 Å². The number of rotatable bonds is 2. The van der Waals surface area contributed by atoms with Gasteiger partial charge in [0, 0.05) is 34.6 Å². The molecule has 116 valence electrons. The molecule has 2 atom stereocenters. The topological polar surface area (TPSA) is 39.1 Å². The van der Waals surface area contributed by atoms with E-state index in [1.54, 1.807) is 4.57 Å². The Hall–Kier alpha value is -2.20. The molecule has 0 fully saturated rings. The maximum Gasteiger partial charge on any atom is 0.232 e. The van der Waals surface area contributed by atoms with Crippen molar-refractivity contribution in [2.24, 2.45) is 0 Å². The Bertz CT molecular complexity index is 912. The molecular formula is C19H17NO2S. The third-order valence-electron chi connectivity index (χ3n) is 4.52. The van der Waals surface area contributed by atoms with E-state index in [1.807, 2.05) is 54.7 Å². The van der Waals surface area contributed by atoms with Gasteiger partial charge >= 0.3 is 0 Å². The number of hydrogen-bond acceptors (Lipinski definition) is 2. The van der Waals surface area contributed by atoms with Crippen molar-refractivity contribution in [2.75, 3.05) is 5.75 Å². The fourth-order valence-electron chi connectivity index (χ4n) is 3.33. The summed E-state index contributed by atoms with van der Waals surface area (Å²) in [7, 11) is -0.989. The lowest BCUT2D eigenvalue weighted by Crippen LogP contribution is -2.23. The first-order valence-electron chi connectivity index (χ1n) is 7.78. The van der Waals surface area contributed by atoms with Crippen LogP contribution >= 0.6 is 0 Å². The number of para-hydroxylation sites is 1. The van der Waals surface area contributed by atoms with Gasteiger partial charge in [-0.15, -0.1) is 0 Å². The van der Waals surface area contributed by atoms with Gasteiger partial charge in [-0.1, -0.05) is 42.5 Å². The first-order chi connectivity index (χ1) is 11.2. The molecule has 1 aliphatic rings. The normalized spacial score (nSPS) is 20.3. The number of benzene rings is 2. The number of aromatic nitrogens is 1. The van der Waals surface area contributed by atoms with Crippen molar-refractivity contribution in [3.05, 3.63) is 71.9 Å². The van der Waals surface area contributed by atoms with Crippen molar-refractivity contribution in [1.82, 2.24) is 4.57 Å². The fourth-order valence-corrected chi connectivity index (χ4v) is 4.88. The van der Waals surface area contributed by atoms with Crippen LogP contribution in [0.25, 0.3) is 10.9 Å². The predicted octanol–water partition coefficient (Wildman–Crippen LogP) is 3.72. The minimum absolute atomic E-state index is 0.00116. The van der Waals surface area contributed by atoms with Crippen LogP contribution < -0.4 is 0 Å².